The molecule has 2 amide bonds. The summed E-state index contributed by atoms with van der Waals surface area (Å²) in [5.41, 5.74) is 1.74. The Morgan fingerprint density at radius 3 is 2.38 bits per heavy atom. The molecule has 0 aromatic heterocycles. The number of para-hydroxylation sites is 1. The van der Waals surface area contributed by atoms with Crippen LogP contribution in [0.3, 0.4) is 0 Å². The predicted octanol–water partition coefficient (Wildman–Crippen LogP) is 4.08. The molecule has 0 saturated carbocycles. The van der Waals surface area contributed by atoms with Gasteiger partial charge in [-0.1, -0.05) is 32.0 Å². The van der Waals surface area contributed by atoms with Crippen molar-refractivity contribution < 1.29 is 14.3 Å². The summed E-state index contributed by atoms with van der Waals surface area (Å²) < 4.78 is 5.62. The topological polar surface area (TPSA) is 67.4 Å². The van der Waals surface area contributed by atoms with Crippen LogP contribution in [0.25, 0.3) is 0 Å². The standard InChI is InChI=1S/C19H22N2O3/c1-3-12-24-17-11-6-5-10-16(17)19(23)21-15-9-7-8-14(13-15)20-18(22)4-2/h5-11,13H,3-4,12H2,1-2H3,(H,20,22)(H,21,23). The summed E-state index contributed by atoms with van der Waals surface area (Å²) in [6.45, 7) is 4.36. The van der Waals surface area contributed by atoms with Crippen molar-refractivity contribution in [3.05, 3.63) is 54.1 Å². The summed E-state index contributed by atoms with van der Waals surface area (Å²) in [5.74, 6) is 0.241. The van der Waals surface area contributed by atoms with E-state index in [2.05, 4.69) is 10.6 Å². The monoisotopic (exact) mass is 326 g/mol. The average Bonchev–Trinajstić information content (AvgIpc) is 2.60. The van der Waals surface area contributed by atoms with Gasteiger partial charge in [0, 0.05) is 17.8 Å². The minimum absolute atomic E-state index is 0.0724. The van der Waals surface area contributed by atoms with Crippen LogP contribution < -0.4 is 15.4 Å². The maximum Gasteiger partial charge on any atom is 0.259 e. The Balaban J connectivity index is 2.12. The Labute approximate surface area is 142 Å². The minimum atomic E-state index is -0.249. The molecule has 0 bridgehead atoms. The lowest BCUT2D eigenvalue weighted by atomic mass is 10.1. The van der Waals surface area contributed by atoms with Crippen molar-refractivity contribution >= 4 is 23.2 Å². The highest BCUT2D eigenvalue weighted by atomic mass is 16.5. The zero-order valence-corrected chi connectivity index (χ0v) is 14.0. The van der Waals surface area contributed by atoms with Crippen LogP contribution in [0.15, 0.2) is 48.5 Å². The molecule has 0 radical (unpaired) electrons. The maximum atomic E-state index is 12.5. The summed E-state index contributed by atoms with van der Waals surface area (Å²) in [6.07, 6.45) is 1.27. The van der Waals surface area contributed by atoms with E-state index in [1.165, 1.54) is 0 Å². The lowest BCUT2D eigenvalue weighted by Gasteiger charge is -2.12. The molecule has 0 aliphatic heterocycles. The number of hydrogen-bond acceptors (Lipinski definition) is 3. The first-order chi connectivity index (χ1) is 11.6. The molecule has 0 aliphatic carbocycles. The largest absolute Gasteiger partial charge is 0.493 e. The summed E-state index contributed by atoms with van der Waals surface area (Å²) >= 11 is 0. The van der Waals surface area contributed by atoms with Crippen molar-refractivity contribution in [2.75, 3.05) is 17.2 Å². The van der Waals surface area contributed by atoms with Crippen LogP contribution in [0.1, 0.15) is 37.0 Å². The van der Waals surface area contributed by atoms with E-state index < -0.39 is 0 Å². The smallest absolute Gasteiger partial charge is 0.259 e. The van der Waals surface area contributed by atoms with Gasteiger partial charge in [-0.05, 0) is 36.8 Å². The molecule has 5 heteroatoms. The summed E-state index contributed by atoms with van der Waals surface area (Å²) in [7, 11) is 0. The second kappa shape index (κ2) is 8.72. The Morgan fingerprint density at radius 1 is 0.958 bits per heavy atom. The Morgan fingerprint density at radius 2 is 1.67 bits per heavy atom. The Hall–Kier alpha value is -2.82. The molecule has 2 N–H and O–H groups in total. The summed E-state index contributed by atoms with van der Waals surface area (Å²) in [4.78, 5) is 24.0. The van der Waals surface area contributed by atoms with Crippen LogP contribution in [-0.2, 0) is 4.79 Å². The van der Waals surface area contributed by atoms with Gasteiger partial charge < -0.3 is 15.4 Å². The van der Waals surface area contributed by atoms with E-state index in [1.54, 1.807) is 49.4 Å². The van der Waals surface area contributed by atoms with Crippen molar-refractivity contribution in [3.8, 4) is 5.75 Å². The van der Waals surface area contributed by atoms with Crippen LogP contribution in [0.4, 0.5) is 11.4 Å². The average molecular weight is 326 g/mol. The number of carbonyl (C=O) groups excluding carboxylic acids is 2. The number of rotatable bonds is 7. The fraction of sp³-hybridized carbons (Fsp3) is 0.263. The normalized spacial score (nSPS) is 10.1. The number of hydrogen-bond donors (Lipinski definition) is 2. The predicted molar refractivity (Wildman–Crippen MR) is 95.5 cm³/mol. The fourth-order valence-electron chi connectivity index (χ4n) is 2.11. The van der Waals surface area contributed by atoms with Gasteiger partial charge in [-0.3, -0.25) is 9.59 Å². The third-order valence-corrected chi connectivity index (χ3v) is 3.32. The number of nitrogens with one attached hydrogen (secondary N) is 2. The molecule has 0 spiro atoms. The van der Waals surface area contributed by atoms with Gasteiger partial charge >= 0.3 is 0 Å². The number of carbonyl (C=O) groups is 2. The van der Waals surface area contributed by atoms with Crippen LogP contribution in [0, 0.1) is 0 Å². The Bertz CT molecular complexity index is 713. The van der Waals surface area contributed by atoms with Crippen LogP contribution in [0.2, 0.25) is 0 Å². The molecule has 0 unspecified atom stereocenters. The van der Waals surface area contributed by atoms with Gasteiger partial charge in [0.1, 0.15) is 5.75 Å². The van der Waals surface area contributed by atoms with Gasteiger partial charge in [0.2, 0.25) is 5.91 Å². The van der Waals surface area contributed by atoms with Gasteiger partial charge in [0.25, 0.3) is 5.91 Å². The SMILES string of the molecule is CCCOc1ccccc1C(=O)Nc1cccc(NC(=O)CC)c1. The molecule has 5 nitrogen and oxygen atoms in total. The molecule has 126 valence electrons. The van der Waals surface area contributed by atoms with Gasteiger partial charge in [0.05, 0.1) is 12.2 Å². The second-order valence-corrected chi connectivity index (χ2v) is 5.28. The minimum Gasteiger partial charge on any atom is -0.493 e. The molecule has 24 heavy (non-hydrogen) atoms. The van der Waals surface area contributed by atoms with E-state index >= 15 is 0 Å². The van der Waals surface area contributed by atoms with E-state index in [-0.39, 0.29) is 11.8 Å². The highest BCUT2D eigenvalue weighted by molar-refractivity contribution is 6.06. The first-order valence-corrected chi connectivity index (χ1v) is 8.07. The molecule has 0 atom stereocenters. The first kappa shape index (κ1) is 17.5. The zero-order chi connectivity index (χ0) is 17.4. The second-order valence-electron chi connectivity index (χ2n) is 5.28. The van der Waals surface area contributed by atoms with Crippen molar-refractivity contribution in [2.45, 2.75) is 26.7 Å². The molecule has 2 aromatic carbocycles. The quantitative estimate of drug-likeness (QED) is 0.806. The number of amides is 2. The molecule has 0 heterocycles. The van der Waals surface area contributed by atoms with E-state index in [1.807, 2.05) is 13.0 Å². The molecule has 0 aliphatic rings. The van der Waals surface area contributed by atoms with Gasteiger partial charge in [-0.2, -0.15) is 0 Å². The third kappa shape index (κ3) is 4.84. The van der Waals surface area contributed by atoms with Crippen LogP contribution >= 0.6 is 0 Å². The van der Waals surface area contributed by atoms with Crippen LogP contribution in [-0.4, -0.2) is 18.4 Å². The van der Waals surface area contributed by atoms with Gasteiger partial charge in [-0.15, -0.1) is 0 Å². The van der Waals surface area contributed by atoms with Gasteiger partial charge in [0.15, 0.2) is 0 Å². The Kier molecular flexibility index (Phi) is 6.37. The molecular weight excluding hydrogens is 304 g/mol. The van der Waals surface area contributed by atoms with E-state index in [9.17, 15) is 9.59 Å². The lowest BCUT2D eigenvalue weighted by Crippen LogP contribution is -2.14. The molecule has 0 fully saturated rings. The lowest BCUT2D eigenvalue weighted by molar-refractivity contribution is -0.115. The number of anilines is 2. The molecule has 2 rings (SSSR count). The van der Waals surface area contributed by atoms with Gasteiger partial charge in [-0.25, -0.2) is 0 Å². The highest BCUT2D eigenvalue weighted by Gasteiger charge is 2.12. The van der Waals surface area contributed by atoms with E-state index in [0.29, 0.717) is 35.7 Å². The van der Waals surface area contributed by atoms with E-state index in [4.69, 9.17) is 4.74 Å². The molecule has 0 saturated heterocycles. The van der Waals surface area contributed by atoms with Crippen molar-refractivity contribution in [1.29, 1.82) is 0 Å². The number of ether oxygens (including phenoxy) is 1. The highest BCUT2D eigenvalue weighted by Crippen LogP contribution is 2.21. The first-order valence-electron chi connectivity index (χ1n) is 8.07. The maximum absolute atomic E-state index is 12.5. The van der Waals surface area contributed by atoms with Crippen LogP contribution in [0.5, 0.6) is 5.75 Å². The fourth-order valence-corrected chi connectivity index (χ4v) is 2.11. The molecule has 2 aromatic rings. The summed E-state index contributed by atoms with van der Waals surface area (Å²) in [6, 6.07) is 14.2. The summed E-state index contributed by atoms with van der Waals surface area (Å²) in [5, 5.41) is 5.61. The van der Waals surface area contributed by atoms with E-state index in [0.717, 1.165) is 6.42 Å². The third-order valence-electron chi connectivity index (χ3n) is 3.32. The van der Waals surface area contributed by atoms with Crippen molar-refractivity contribution in [3.63, 3.8) is 0 Å². The number of benzene rings is 2. The van der Waals surface area contributed by atoms with Crippen molar-refractivity contribution in [1.82, 2.24) is 0 Å². The molecular formula is C19H22N2O3. The van der Waals surface area contributed by atoms with Crippen molar-refractivity contribution in [2.24, 2.45) is 0 Å². The zero-order valence-electron chi connectivity index (χ0n) is 14.0.